The van der Waals surface area contributed by atoms with Gasteiger partial charge in [0, 0.05) is 24.0 Å². The smallest absolute Gasteiger partial charge is 0.312 e. The van der Waals surface area contributed by atoms with Crippen LogP contribution in [0.3, 0.4) is 0 Å². The van der Waals surface area contributed by atoms with Gasteiger partial charge >= 0.3 is 6.03 Å². The van der Waals surface area contributed by atoms with Gasteiger partial charge in [-0.1, -0.05) is 13.0 Å². The Hall–Kier alpha value is -1.60. The first-order valence-corrected chi connectivity index (χ1v) is 8.59. The minimum atomic E-state index is -0.601. The van der Waals surface area contributed by atoms with Gasteiger partial charge in [-0.15, -0.1) is 11.3 Å². The molecule has 6 nitrogen and oxygen atoms in total. The first kappa shape index (κ1) is 16.8. The fraction of sp³-hybridized carbons (Fsp3) is 0.600. The fourth-order valence-electron chi connectivity index (χ4n) is 2.83. The second kappa shape index (κ2) is 8.14. The molecule has 122 valence electrons. The van der Waals surface area contributed by atoms with Crippen LogP contribution in [0, 0.1) is 0 Å². The molecule has 1 aliphatic heterocycles. The molecule has 3 amide bonds. The first-order chi connectivity index (χ1) is 10.6. The van der Waals surface area contributed by atoms with Crippen LogP contribution >= 0.6 is 11.3 Å². The molecule has 22 heavy (non-hydrogen) atoms. The largest absolute Gasteiger partial charge is 0.352 e. The van der Waals surface area contributed by atoms with E-state index in [0.29, 0.717) is 0 Å². The summed E-state index contributed by atoms with van der Waals surface area (Å²) in [5.74, 6) is 0.0719. The van der Waals surface area contributed by atoms with Crippen LogP contribution < -0.4 is 16.4 Å². The van der Waals surface area contributed by atoms with E-state index in [1.54, 1.807) is 0 Å². The minimum Gasteiger partial charge on any atom is -0.352 e. The van der Waals surface area contributed by atoms with E-state index in [9.17, 15) is 9.59 Å². The molecule has 2 rings (SSSR count). The maximum atomic E-state index is 12.7. The van der Waals surface area contributed by atoms with E-state index in [2.05, 4.69) is 17.6 Å². The topological polar surface area (TPSA) is 87.5 Å². The number of urea groups is 1. The molecule has 1 fully saturated rings. The summed E-state index contributed by atoms with van der Waals surface area (Å²) < 4.78 is 0. The van der Waals surface area contributed by atoms with Crippen molar-refractivity contribution >= 4 is 23.3 Å². The van der Waals surface area contributed by atoms with Crippen LogP contribution in [0.15, 0.2) is 17.5 Å². The van der Waals surface area contributed by atoms with Crippen molar-refractivity contribution in [2.45, 2.75) is 38.3 Å². The molecule has 0 radical (unpaired) electrons. The standard InChI is InChI=1S/C15H24N4O2S/c1-2-7-19(11-5-6-17-10-11)14(20)9-12(18-15(16)21)13-4-3-8-22-13/h3-4,8,11-12,17H,2,5-7,9-10H2,1H3,(H3,16,18,21). The number of nitrogens with two attached hydrogens (primary N) is 1. The number of primary amides is 1. The van der Waals surface area contributed by atoms with E-state index in [1.807, 2.05) is 22.4 Å². The number of carbonyl (C=O) groups is 2. The second-order valence-electron chi connectivity index (χ2n) is 5.51. The van der Waals surface area contributed by atoms with Crippen LogP contribution in [-0.4, -0.2) is 42.5 Å². The summed E-state index contributed by atoms with van der Waals surface area (Å²) in [4.78, 5) is 26.8. The van der Waals surface area contributed by atoms with Crippen molar-refractivity contribution in [2.24, 2.45) is 5.73 Å². The molecule has 0 aromatic carbocycles. The van der Waals surface area contributed by atoms with Crippen molar-refractivity contribution in [1.29, 1.82) is 0 Å². The highest BCUT2D eigenvalue weighted by Gasteiger charge is 2.28. The molecule has 2 unspecified atom stereocenters. The predicted molar refractivity (Wildman–Crippen MR) is 87.7 cm³/mol. The van der Waals surface area contributed by atoms with Gasteiger partial charge in [-0.05, 0) is 30.8 Å². The zero-order valence-corrected chi connectivity index (χ0v) is 13.7. The Morgan fingerprint density at radius 2 is 2.41 bits per heavy atom. The van der Waals surface area contributed by atoms with E-state index in [4.69, 9.17) is 5.73 Å². The Morgan fingerprint density at radius 3 is 2.95 bits per heavy atom. The number of carbonyl (C=O) groups excluding carboxylic acids is 2. The molecule has 2 heterocycles. The molecule has 1 aliphatic rings. The van der Waals surface area contributed by atoms with Crippen molar-refractivity contribution < 1.29 is 9.59 Å². The number of rotatable bonds is 7. The summed E-state index contributed by atoms with van der Waals surface area (Å²) in [6.07, 6.45) is 2.16. The Morgan fingerprint density at radius 1 is 1.59 bits per heavy atom. The van der Waals surface area contributed by atoms with Gasteiger partial charge in [0.1, 0.15) is 0 Å². The van der Waals surface area contributed by atoms with Gasteiger partial charge in [0.15, 0.2) is 0 Å². The van der Waals surface area contributed by atoms with Crippen molar-refractivity contribution in [3.05, 3.63) is 22.4 Å². The number of nitrogens with zero attached hydrogens (tertiary/aromatic N) is 1. The van der Waals surface area contributed by atoms with Crippen molar-refractivity contribution in [1.82, 2.24) is 15.5 Å². The number of nitrogens with one attached hydrogen (secondary N) is 2. The van der Waals surface area contributed by atoms with Crippen LogP contribution in [0.25, 0.3) is 0 Å². The van der Waals surface area contributed by atoms with E-state index < -0.39 is 6.03 Å². The molecule has 4 N–H and O–H groups in total. The van der Waals surface area contributed by atoms with Crippen LogP contribution in [0.4, 0.5) is 4.79 Å². The monoisotopic (exact) mass is 324 g/mol. The normalized spacial score (nSPS) is 18.9. The lowest BCUT2D eigenvalue weighted by Crippen LogP contribution is -2.44. The highest BCUT2D eigenvalue weighted by Crippen LogP contribution is 2.24. The quantitative estimate of drug-likeness (QED) is 0.709. The van der Waals surface area contributed by atoms with E-state index in [-0.39, 0.29) is 24.4 Å². The van der Waals surface area contributed by atoms with Crippen molar-refractivity contribution in [2.75, 3.05) is 19.6 Å². The van der Waals surface area contributed by atoms with Gasteiger partial charge in [0.25, 0.3) is 0 Å². The maximum Gasteiger partial charge on any atom is 0.312 e. The second-order valence-corrected chi connectivity index (χ2v) is 6.49. The van der Waals surface area contributed by atoms with Crippen molar-refractivity contribution in [3.63, 3.8) is 0 Å². The average molecular weight is 324 g/mol. The van der Waals surface area contributed by atoms with Gasteiger partial charge in [-0.3, -0.25) is 4.79 Å². The fourth-order valence-corrected chi connectivity index (χ4v) is 3.61. The van der Waals surface area contributed by atoms with Crippen LogP contribution in [0.1, 0.15) is 37.1 Å². The first-order valence-electron chi connectivity index (χ1n) is 7.71. The Bertz CT molecular complexity index is 486. The van der Waals surface area contributed by atoms with E-state index in [0.717, 1.165) is 37.4 Å². The lowest BCUT2D eigenvalue weighted by atomic mass is 10.1. The average Bonchev–Trinajstić information content (AvgIpc) is 3.16. The summed E-state index contributed by atoms with van der Waals surface area (Å²) >= 11 is 1.52. The highest BCUT2D eigenvalue weighted by atomic mass is 32.1. The van der Waals surface area contributed by atoms with Crippen LogP contribution in [0.5, 0.6) is 0 Å². The lowest BCUT2D eigenvalue weighted by Gasteiger charge is -2.30. The Kier molecular flexibility index (Phi) is 6.21. The molecule has 0 saturated carbocycles. The number of hydrogen-bond acceptors (Lipinski definition) is 4. The summed E-state index contributed by atoms with van der Waals surface area (Å²) in [6.45, 7) is 4.62. The zero-order chi connectivity index (χ0) is 15.9. The highest BCUT2D eigenvalue weighted by molar-refractivity contribution is 7.10. The predicted octanol–water partition coefficient (Wildman–Crippen LogP) is 1.45. The third-order valence-corrected chi connectivity index (χ3v) is 4.83. The summed E-state index contributed by atoms with van der Waals surface area (Å²) in [5.41, 5.74) is 5.25. The molecule has 0 bridgehead atoms. The number of thiophene rings is 1. The molecule has 7 heteroatoms. The Labute approximate surface area is 135 Å². The van der Waals surface area contributed by atoms with Gasteiger partial charge in [0.2, 0.25) is 5.91 Å². The molecular weight excluding hydrogens is 300 g/mol. The summed E-state index contributed by atoms with van der Waals surface area (Å²) in [7, 11) is 0. The lowest BCUT2D eigenvalue weighted by molar-refractivity contribution is -0.133. The van der Waals surface area contributed by atoms with E-state index in [1.165, 1.54) is 11.3 Å². The molecule has 0 spiro atoms. The van der Waals surface area contributed by atoms with Gasteiger partial charge in [-0.25, -0.2) is 4.79 Å². The zero-order valence-electron chi connectivity index (χ0n) is 12.9. The SMILES string of the molecule is CCCN(C(=O)CC(NC(N)=O)c1cccs1)C1CCNC1. The molecule has 1 aromatic rings. The van der Waals surface area contributed by atoms with Crippen molar-refractivity contribution in [3.8, 4) is 0 Å². The van der Waals surface area contributed by atoms with E-state index >= 15 is 0 Å². The van der Waals surface area contributed by atoms with Crippen LogP contribution in [0.2, 0.25) is 0 Å². The molecule has 1 aromatic heterocycles. The number of hydrogen-bond donors (Lipinski definition) is 3. The summed E-state index contributed by atoms with van der Waals surface area (Å²) in [5, 5.41) is 7.92. The van der Waals surface area contributed by atoms with Crippen LogP contribution in [-0.2, 0) is 4.79 Å². The van der Waals surface area contributed by atoms with Gasteiger partial charge in [0.05, 0.1) is 12.5 Å². The third-order valence-electron chi connectivity index (χ3n) is 3.84. The molecular formula is C15H24N4O2S. The minimum absolute atomic E-state index is 0.0719. The van der Waals surface area contributed by atoms with Gasteiger partial charge < -0.3 is 21.3 Å². The third kappa shape index (κ3) is 4.45. The number of amides is 3. The summed E-state index contributed by atoms with van der Waals surface area (Å²) in [6, 6.07) is 3.13. The molecule has 2 atom stereocenters. The Balaban J connectivity index is 2.05. The van der Waals surface area contributed by atoms with Gasteiger partial charge in [-0.2, -0.15) is 0 Å². The molecule has 1 saturated heterocycles. The maximum absolute atomic E-state index is 12.7. The molecule has 0 aliphatic carbocycles.